The van der Waals surface area contributed by atoms with E-state index in [1.54, 1.807) is 0 Å². The molecule has 0 unspecified atom stereocenters. The number of hydrogen-bond acceptors (Lipinski definition) is 2. The number of ether oxygens (including phenoxy) is 2. The predicted molar refractivity (Wildman–Crippen MR) is 53.7 cm³/mol. The maximum Gasteiger partial charge on any atom is 0.134 e. The first kappa shape index (κ1) is 8.63. The summed E-state index contributed by atoms with van der Waals surface area (Å²) < 4.78 is 11.8. The largest absolute Gasteiger partial charge is 0.491 e. The summed E-state index contributed by atoms with van der Waals surface area (Å²) in [5.74, 6) is 2.36. The van der Waals surface area contributed by atoms with E-state index in [2.05, 4.69) is 0 Å². The smallest absolute Gasteiger partial charge is 0.134 e. The summed E-state index contributed by atoms with van der Waals surface area (Å²) in [4.78, 5) is 0. The Morgan fingerprint density at radius 3 is 1.71 bits per heavy atom. The quantitative estimate of drug-likeness (QED) is 0.684. The van der Waals surface area contributed by atoms with Crippen molar-refractivity contribution >= 4 is 0 Å². The van der Waals surface area contributed by atoms with Crippen molar-refractivity contribution in [1.29, 1.82) is 0 Å². The van der Waals surface area contributed by atoms with E-state index in [1.165, 1.54) is 50.0 Å². The van der Waals surface area contributed by atoms with E-state index in [0.717, 1.165) is 12.8 Å². The van der Waals surface area contributed by atoms with Gasteiger partial charge in [0.2, 0.25) is 0 Å². The van der Waals surface area contributed by atoms with Gasteiger partial charge < -0.3 is 9.47 Å². The summed E-state index contributed by atoms with van der Waals surface area (Å²) >= 11 is 0. The molecule has 0 amide bonds. The molecular formula is C12H18O2. The minimum absolute atomic E-state index is 0.515. The topological polar surface area (TPSA) is 18.5 Å². The Kier molecular flexibility index (Phi) is 2.15. The molecule has 2 heteroatoms. The Bertz CT molecular complexity index is 249. The highest BCUT2D eigenvalue weighted by atomic mass is 16.5. The van der Waals surface area contributed by atoms with Crippen LogP contribution in [0.25, 0.3) is 0 Å². The van der Waals surface area contributed by atoms with Crippen molar-refractivity contribution in [3.8, 4) is 0 Å². The lowest BCUT2D eigenvalue weighted by molar-refractivity contribution is 0.0382. The number of allylic oxidation sites excluding steroid dienone is 2. The Balaban J connectivity index is 1.60. The molecule has 2 fully saturated rings. The highest BCUT2D eigenvalue weighted by Crippen LogP contribution is 2.36. The van der Waals surface area contributed by atoms with Gasteiger partial charge in [-0.3, -0.25) is 0 Å². The summed E-state index contributed by atoms with van der Waals surface area (Å²) in [6.45, 7) is 0. The fourth-order valence-electron chi connectivity index (χ4n) is 2.01. The van der Waals surface area contributed by atoms with Gasteiger partial charge in [0.25, 0.3) is 0 Å². The Labute approximate surface area is 85.3 Å². The molecule has 0 heterocycles. The van der Waals surface area contributed by atoms with E-state index in [9.17, 15) is 0 Å². The Morgan fingerprint density at radius 1 is 0.714 bits per heavy atom. The van der Waals surface area contributed by atoms with Crippen molar-refractivity contribution < 1.29 is 9.47 Å². The molecule has 0 atom stereocenters. The average molecular weight is 194 g/mol. The zero-order chi connectivity index (χ0) is 9.38. The second-order valence-corrected chi connectivity index (χ2v) is 4.69. The van der Waals surface area contributed by atoms with Gasteiger partial charge in [0, 0.05) is 12.8 Å². The van der Waals surface area contributed by atoms with Gasteiger partial charge in [-0.05, 0) is 38.5 Å². The van der Waals surface area contributed by atoms with E-state index >= 15 is 0 Å². The van der Waals surface area contributed by atoms with Crippen molar-refractivity contribution in [1.82, 2.24) is 0 Å². The lowest BCUT2D eigenvalue weighted by Gasteiger charge is -2.27. The van der Waals surface area contributed by atoms with Crippen LogP contribution in [0.5, 0.6) is 0 Å². The zero-order valence-corrected chi connectivity index (χ0v) is 8.63. The molecule has 0 spiro atoms. The summed E-state index contributed by atoms with van der Waals surface area (Å²) in [6.07, 6.45) is 10.8. The monoisotopic (exact) mass is 194 g/mol. The van der Waals surface area contributed by atoms with Gasteiger partial charge in [-0.2, -0.15) is 0 Å². The van der Waals surface area contributed by atoms with Crippen LogP contribution in [0.1, 0.15) is 51.4 Å². The van der Waals surface area contributed by atoms with Gasteiger partial charge in [0.1, 0.15) is 11.5 Å². The third-order valence-electron chi connectivity index (χ3n) is 3.31. The molecule has 2 nitrogen and oxygen atoms in total. The van der Waals surface area contributed by atoms with E-state index in [0.29, 0.717) is 12.2 Å². The van der Waals surface area contributed by atoms with Crippen molar-refractivity contribution in [2.45, 2.75) is 63.6 Å². The van der Waals surface area contributed by atoms with Crippen LogP contribution in [0.3, 0.4) is 0 Å². The third kappa shape index (κ3) is 1.75. The SMILES string of the molecule is C1CC(OC2CCC2)=C(OC2CC2)C1. The molecule has 0 saturated heterocycles. The van der Waals surface area contributed by atoms with E-state index in [1.807, 2.05) is 0 Å². The van der Waals surface area contributed by atoms with Gasteiger partial charge >= 0.3 is 0 Å². The van der Waals surface area contributed by atoms with Crippen molar-refractivity contribution in [3.63, 3.8) is 0 Å². The summed E-state index contributed by atoms with van der Waals surface area (Å²) in [5.41, 5.74) is 0. The van der Waals surface area contributed by atoms with Crippen molar-refractivity contribution in [3.05, 3.63) is 11.5 Å². The molecule has 0 N–H and O–H groups in total. The molecule has 2 saturated carbocycles. The standard InChI is InChI=1S/C12H18O2/c1-3-9(4-1)13-11-5-2-6-12(11)14-10-7-8-10/h9-10H,1-8H2. The molecule has 3 rings (SSSR count). The van der Waals surface area contributed by atoms with Gasteiger partial charge in [-0.15, -0.1) is 0 Å². The van der Waals surface area contributed by atoms with Gasteiger partial charge in [0.05, 0.1) is 12.2 Å². The summed E-state index contributed by atoms with van der Waals surface area (Å²) in [5, 5.41) is 0. The first-order valence-electron chi connectivity index (χ1n) is 5.97. The van der Waals surface area contributed by atoms with Gasteiger partial charge in [-0.25, -0.2) is 0 Å². The van der Waals surface area contributed by atoms with Crippen molar-refractivity contribution in [2.24, 2.45) is 0 Å². The lowest BCUT2D eigenvalue weighted by Crippen LogP contribution is -2.21. The second-order valence-electron chi connectivity index (χ2n) is 4.69. The minimum atomic E-state index is 0.515. The Hall–Kier alpha value is -0.660. The first-order chi connectivity index (χ1) is 6.92. The van der Waals surface area contributed by atoms with Crippen LogP contribution in [-0.4, -0.2) is 12.2 Å². The van der Waals surface area contributed by atoms with Crippen LogP contribution in [0.15, 0.2) is 11.5 Å². The summed E-state index contributed by atoms with van der Waals surface area (Å²) in [7, 11) is 0. The molecule has 0 aliphatic heterocycles. The van der Waals surface area contributed by atoms with E-state index < -0.39 is 0 Å². The van der Waals surface area contributed by atoms with Gasteiger partial charge in [-0.1, -0.05) is 0 Å². The third-order valence-corrected chi connectivity index (χ3v) is 3.31. The van der Waals surface area contributed by atoms with Crippen LogP contribution in [0, 0.1) is 0 Å². The van der Waals surface area contributed by atoms with Crippen molar-refractivity contribution in [2.75, 3.05) is 0 Å². The molecule has 78 valence electrons. The first-order valence-corrected chi connectivity index (χ1v) is 5.97. The lowest BCUT2D eigenvalue weighted by atomic mass is 9.96. The molecule has 0 radical (unpaired) electrons. The zero-order valence-electron chi connectivity index (χ0n) is 8.63. The predicted octanol–water partition coefficient (Wildman–Crippen LogP) is 3.13. The maximum absolute atomic E-state index is 5.94. The van der Waals surface area contributed by atoms with Gasteiger partial charge in [0.15, 0.2) is 0 Å². The fraction of sp³-hybridized carbons (Fsp3) is 0.833. The van der Waals surface area contributed by atoms with Crippen LogP contribution < -0.4 is 0 Å². The second kappa shape index (κ2) is 3.48. The van der Waals surface area contributed by atoms with E-state index in [-0.39, 0.29) is 0 Å². The highest BCUT2D eigenvalue weighted by molar-refractivity contribution is 5.10. The molecule has 0 aromatic rings. The normalized spacial score (nSPS) is 27.7. The van der Waals surface area contributed by atoms with Crippen LogP contribution in [0.4, 0.5) is 0 Å². The average Bonchev–Trinajstić information content (AvgIpc) is 2.79. The van der Waals surface area contributed by atoms with E-state index in [4.69, 9.17) is 9.47 Å². The number of hydrogen-bond donors (Lipinski definition) is 0. The molecule has 0 aromatic carbocycles. The number of rotatable bonds is 4. The molecule has 14 heavy (non-hydrogen) atoms. The molecule has 0 aromatic heterocycles. The fourth-order valence-corrected chi connectivity index (χ4v) is 2.01. The minimum Gasteiger partial charge on any atom is -0.491 e. The maximum atomic E-state index is 5.94. The van der Waals surface area contributed by atoms with Crippen LogP contribution in [-0.2, 0) is 9.47 Å². The highest BCUT2D eigenvalue weighted by Gasteiger charge is 2.29. The molecule has 3 aliphatic rings. The molecular weight excluding hydrogens is 176 g/mol. The molecule has 0 bridgehead atoms. The Morgan fingerprint density at radius 2 is 1.29 bits per heavy atom. The van der Waals surface area contributed by atoms with Crippen LogP contribution >= 0.6 is 0 Å². The molecule has 3 aliphatic carbocycles. The summed E-state index contributed by atoms with van der Waals surface area (Å²) in [6, 6.07) is 0. The van der Waals surface area contributed by atoms with Crippen LogP contribution in [0.2, 0.25) is 0 Å².